The number of nitrogens with one attached hydrogen (secondary N) is 1. The van der Waals surface area contributed by atoms with E-state index in [-0.39, 0.29) is 18.7 Å². The summed E-state index contributed by atoms with van der Waals surface area (Å²) in [6.45, 7) is 0.913. The molecule has 5 nitrogen and oxygen atoms in total. The standard InChI is InChI=1S/C21H28N4OS/c26-15-7-14-25-20(19(23-21(25)27)17-10-4-5-12-22-17)18-11-6-13-24(18)16-8-2-1-3-9-16/h4-6,10-13,16,19-20,26H,1-3,7-9,14-15H2,(H,23,27)/t19-,20+/m0/s1. The molecule has 2 aromatic rings. The largest absolute Gasteiger partial charge is 0.396 e. The molecule has 4 rings (SSSR count). The van der Waals surface area contributed by atoms with E-state index in [0.29, 0.717) is 12.5 Å². The number of hydrogen-bond donors (Lipinski definition) is 2. The van der Waals surface area contributed by atoms with E-state index < -0.39 is 0 Å². The summed E-state index contributed by atoms with van der Waals surface area (Å²) in [5, 5.41) is 13.6. The third-order valence-electron chi connectivity index (χ3n) is 5.84. The smallest absolute Gasteiger partial charge is 0.170 e. The van der Waals surface area contributed by atoms with Gasteiger partial charge in [0.2, 0.25) is 0 Å². The number of thiocarbonyl (C=S) groups is 1. The highest BCUT2D eigenvalue weighted by molar-refractivity contribution is 7.80. The fourth-order valence-electron chi connectivity index (χ4n) is 4.56. The van der Waals surface area contributed by atoms with Crippen molar-refractivity contribution < 1.29 is 5.11 Å². The second-order valence-electron chi connectivity index (χ2n) is 7.53. The van der Waals surface area contributed by atoms with Crippen LogP contribution in [0.15, 0.2) is 42.7 Å². The van der Waals surface area contributed by atoms with Crippen LogP contribution in [0.2, 0.25) is 0 Å². The van der Waals surface area contributed by atoms with Crippen LogP contribution in [0.25, 0.3) is 0 Å². The van der Waals surface area contributed by atoms with Gasteiger partial charge in [-0.05, 0) is 55.7 Å². The Hall–Kier alpha value is -1.92. The summed E-state index contributed by atoms with van der Waals surface area (Å²) in [7, 11) is 0. The third-order valence-corrected chi connectivity index (χ3v) is 6.19. The molecule has 0 aromatic carbocycles. The average Bonchev–Trinajstić information content (AvgIpc) is 3.32. The molecule has 1 saturated heterocycles. The number of pyridine rings is 1. The van der Waals surface area contributed by atoms with Gasteiger partial charge in [0, 0.05) is 37.3 Å². The number of hydrogen-bond acceptors (Lipinski definition) is 3. The Labute approximate surface area is 166 Å². The Kier molecular flexibility index (Phi) is 5.74. The lowest BCUT2D eigenvalue weighted by atomic mass is 9.94. The van der Waals surface area contributed by atoms with Crippen molar-refractivity contribution in [2.24, 2.45) is 0 Å². The molecule has 0 radical (unpaired) electrons. The van der Waals surface area contributed by atoms with Crippen LogP contribution in [0, 0.1) is 0 Å². The summed E-state index contributed by atoms with van der Waals surface area (Å²) in [6.07, 6.45) is 11.2. The van der Waals surface area contributed by atoms with E-state index in [1.54, 1.807) is 0 Å². The highest BCUT2D eigenvalue weighted by Gasteiger charge is 2.41. The molecule has 144 valence electrons. The molecule has 1 aliphatic carbocycles. The summed E-state index contributed by atoms with van der Waals surface area (Å²) in [4.78, 5) is 6.84. The first-order valence-electron chi connectivity index (χ1n) is 10.1. The molecule has 2 fully saturated rings. The van der Waals surface area contributed by atoms with Crippen molar-refractivity contribution in [3.63, 3.8) is 0 Å². The van der Waals surface area contributed by atoms with Crippen molar-refractivity contribution in [3.05, 3.63) is 54.1 Å². The highest BCUT2D eigenvalue weighted by atomic mass is 32.1. The topological polar surface area (TPSA) is 53.3 Å². The minimum Gasteiger partial charge on any atom is -0.396 e. The van der Waals surface area contributed by atoms with Gasteiger partial charge in [0.25, 0.3) is 0 Å². The molecular weight excluding hydrogens is 356 g/mol. The van der Waals surface area contributed by atoms with Gasteiger partial charge in [-0.15, -0.1) is 0 Å². The average molecular weight is 385 g/mol. The molecule has 6 heteroatoms. The third kappa shape index (κ3) is 3.73. The van der Waals surface area contributed by atoms with E-state index in [1.165, 1.54) is 37.8 Å². The Morgan fingerprint density at radius 3 is 2.74 bits per heavy atom. The summed E-state index contributed by atoms with van der Waals surface area (Å²) < 4.78 is 2.47. The molecule has 2 N–H and O–H groups in total. The van der Waals surface area contributed by atoms with Crippen molar-refractivity contribution in [2.75, 3.05) is 13.2 Å². The van der Waals surface area contributed by atoms with Crippen molar-refractivity contribution in [1.29, 1.82) is 0 Å². The lowest BCUT2D eigenvalue weighted by Crippen LogP contribution is -2.32. The molecule has 0 amide bonds. The zero-order valence-electron chi connectivity index (χ0n) is 15.6. The number of rotatable bonds is 6. The van der Waals surface area contributed by atoms with Gasteiger partial charge in [0.15, 0.2) is 5.11 Å². The summed E-state index contributed by atoms with van der Waals surface area (Å²) in [5.74, 6) is 0. The fraction of sp³-hybridized carbons (Fsp3) is 0.524. The Bertz CT molecular complexity index is 757. The van der Waals surface area contributed by atoms with E-state index >= 15 is 0 Å². The van der Waals surface area contributed by atoms with Crippen LogP contribution >= 0.6 is 12.2 Å². The quantitative estimate of drug-likeness (QED) is 0.743. The molecule has 27 heavy (non-hydrogen) atoms. The molecular formula is C21H28N4OS. The summed E-state index contributed by atoms with van der Waals surface area (Å²) in [6, 6.07) is 11.1. The monoisotopic (exact) mass is 384 g/mol. The van der Waals surface area contributed by atoms with Crippen LogP contribution in [-0.2, 0) is 0 Å². The number of nitrogens with zero attached hydrogens (tertiary/aromatic N) is 3. The van der Waals surface area contributed by atoms with Crippen molar-refractivity contribution in [3.8, 4) is 0 Å². The molecule has 0 unspecified atom stereocenters. The van der Waals surface area contributed by atoms with Crippen LogP contribution in [0.3, 0.4) is 0 Å². The Morgan fingerprint density at radius 2 is 2.00 bits per heavy atom. The first-order chi connectivity index (χ1) is 13.3. The highest BCUT2D eigenvalue weighted by Crippen LogP contribution is 2.41. The SMILES string of the molecule is OCCCN1C(=S)N[C@@H](c2ccccn2)[C@H]1c1cccn1C1CCCCC1. The molecule has 1 aliphatic heterocycles. The van der Waals surface area contributed by atoms with Gasteiger partial charge in [-0.2, -0.15) is 0 Å². The van der Waals surface area contributed by atoms with Gasteiger partial charge < -0.3 is 19.9 Å². The molecule has 2 aromatic heterocycles. The molecule has 1 saturated carbocycles. The van der Waals surface area contributed by atoms with E-state index in [0.717, 1.165) is 17.4 Å². The maximum absolute atomic E-state index is 9.36. The minimum atomic E-state index is 0.0228. The fourth-order valence-corrected chi connectivity index (χ4v) is 4.89. The van der Waals surface area contributed by atoms with Crippen LogP contribution in [0.1, 0.15) is 68.0 Å². The van der Waals surface area contributed by atoms with Crippen molar-refractivity contribution in [2.45, 2.75) is 56.7 Å². The van der Waals surface area contributed by atoms with E-state index in [9.17, 15) is 5.11 Å². The zero-order valence-corrected chi connectivity index (χ0v) is 16.4. The van der Waals surface area contributed by atoms with Gasteiger partial charge in [0.1, 0.15) is 0 Å². The van der Waals surface area contributed by atoms with Crippen molar-refractivity contribution >= 4 is 17.3 Å². The van der Waals surface area contributed by atoms with Crippen LogP contribution in [-0.4, -0.2) is 37.8 Å². The molecule has 0 spiro atoms. The van der Waals surface area contributed by atoms with E-state index in [2.05, 4.69) is 44.2 Å². The molecule has 2 atom stereocenters. The van der Waals surface area contributed by atoms with E-state index in [1.807, 2.05) is 18.3 Å². The van der Waals surface area contributed by atoms with Gasteiger partial charge in [-0.25, -0.2) is 0 Å². The van der Waals surface area contributed by atoms with E-state index in [4.69, 9.17) is 12.2 Å². The molecule has 3 heterocycles. The zero-order chi connectivity index (χ0) is 18.6. The van der Waals surface area contributed by atoms with Crippen molar-refractivity contribution in [1.82, 2.24) is 19.8 Å². The van der Waals surface area contributed by atoms with Gasteiger partial charge in [-0.1, -0.05) is 25.3 Å². The van der Waals surface area contributed by atoms with Crippen LogP contribution < -0.4 is 5.32 Å². The normalized spacial score (nSPS) is 23.6. The molecule has 2 aliphatic rings. The maximum Gasteiger partial charge on any atom is 0.170 e. The Morgan fingerprint density at radius 1 is 1.15 bits per heavy atom. The second kappa shape index (κ2) is 8.40. The van der Waals surface area contributed by atoms with Crippen LogP contribution in [0.4, 0.5) is 0 Å². The first kappa shape index (κ1) is 18.4. The van der Waals surface area contributed by atoms with Gasteiger partial charge in [-0.3, -0.25) is 4.98 Å². The second-order valence-corrected chi connectivity index (χ2v) is 7.92. The summed E-state index contributed by atoms with van der Waals surface area (Å²) in [5.41, 5.74) is 2.30. The Balaban J connectivity index is 1.71. The summed E-state index contributed by atoms with van der Waals surface area (Å²) >= 11 is 5.68. The number of aromatic nitrogens is 2. The minimum absolute atomic E-state index is 0.0228. The predicted octanol–water partition coefficient (Wildman–Crippen LogP) is 3.74. The predicted molar refractivity (Wildman–Crippen MR) is 110 cm³/mol. The lowest BCUT2D eigenvalue weighted by Gasteiger charge is -2.32. The van der Waals surface area contributed by atoms with Gasteiger partial charge in [0.05, 0.1) is 17.8 Å². The number of aliphatic hydroxyl groups excluding tert-OH is 1. The maximum atomic E-state index is 9.36. The molecule has 0 bridgehead atoms. The first-order valence-corrected chi connectivity index (χ1v) is 10.5. The number of aliphatic hydroxyl groups is 1. The van der Waals surface area contributed by atoms with Crippen LogP contribution in [0.5, 0.6) is 0 Å². The lowest BCUT2D eigenvalue weighted by molar-refractivity contribution is 0.238. The van der Waals surface area contributed by atoms with Gasteiger partial charge >= 0.3 is 0 Å².